The lowest BCUT2D eigenvalue weighted by molar-refractivity contribution is 0.341. The van der Waals surface area contributed by atoms with Crippen LogP contribution in [0.15, 0.2) is 48.5 Å². The number of benzene rings is 3. The van der Waals surface area contributed by atoms with Crippen LogP contribution in [0.3, 0.4) is 0 Å². The molecule has 0 saturated heterocycles. The second-order valence-electron chi connectivity index (χ2n) is 4.04. The molecule has 3 aromatic carbocycles. The fourth-order valence-electron chi connectivity index (χ4n) is 2.08. The first-order valence-corrected chi connectivity index (χ1v) is 5.84. The van der Waals surface area contributed by atoms with E-state index in [1.165, 1.54) is 10.8 Å². The van der Waals surface area contributed by atoms with Crippen molar-refractivity contribution >= 4 is 21.5 Å². The molecule has 1 heteroatoms. The van der Waals surface area contributed by atoms with Gasteiger partial charge in [0.15, 0.2) is 0 Å². The first kappa shape index (κ1) is 10.2. The van der Waals surface area contributed by atoms with Gasteiger partial charge in [-0.05, 0) is 52.7 Å². The van der Waals surface area contributed by atoms with Crippen LogP contribution in [0.1, 0.15) is 6.92 Å². The molecule has 0 unspecified atom stereocenters. The van der Waals surface area contributed by atoms with Gasteiger partial charge in [0, 0.05) is 0 Å². The van der Waals surface area contributed by atoms with Gasteiger partial charge in [0.1, 0.15) is 5.75 Å². The minimum Gasteiger partial charge on any atom is -0.494 e. The van der Waals surface area contributed by atoms with Gasteiger partial charge in [-0.25, -0.2) is 0 Å². The van der Waals surface area contributed by atoms with Crippen molar-refractivity contribution in [2.24, 2.45) is 0 Å². The van der Waals surface area contributed by atoms with Crippen molar-refractivity contribution in [1.82, 2.24) is 0 Å². The molecular weight excluding hydrogens is 208 g/mol. The van der Waals surface area contributed by atoms with Crippen LogP contribution in [0.4, 0.5) is 0 Å². The Kier molecular flexibility index (Phi) is 2.45. The summed E-state index contributed by atoms with van der Waals surface area (Å²) in [6.07, 6.45) is 0. The van der Waals surface area contributed by atoms with Gasteiger partial charge in [0.05, 0.1) is 6.61 Å². The van der Waals surface area contributed by atoms with Gasteiger partial charge < -0.3 is 4.74 Å². The Hall–Kier alpha value is -2.02. The van der Waals surface area contributed by atoms with Crippen LogP contribution in [0.25, 0.3) is 21.5 Å². The Morgan fingerprint density at radius 2 is 1.76 bits per heavy atom. The van der Waals surface area contributed by atoms with Crippen molar-refractivity contribution in [2.75, 3.05) is 6.61 Å². The summed E-state index contributed by atoms with van der Waals surface area (Å²) in [4.78, 5) is 0. The molecule has 0 amide bonds. The Morgan fingerprint density at radius 3 is 2.65 bits per heavy atom. The number of ether oxygens (including phenoxy) is 1. The van der Waals surface area contributed by atoms with Gasteiger partial charge in [0.25, 0.3) is 0 Å². The van der Waals surface area contributed by atoms with Crippen LogP contribution in [-0.2, 0) is 0 Å². The Balaban J connectivity index is 2.25. The average Bonchev–Trinajstić information content (AvgIpc) is 2.36. The van der Waals surface area contributed by atoms with Crippen molar-refractivity contribution < 1.29 is 4.74 Å². The standard InChI is InChI=1S/C16H13O/c1-2-17-16-8-7-14-9-12-5-3-4-6-13(12)10-15(14)11-16/h3-9,11H,2H2,1H3. The molecule has 0 atom stereocenters. The molecule has 3 aromatic rings. The lowest BCUT2D eigenvalue weighted by Crippen LogP contribution is -1.90. The normalized spacial score (nSPS) is 10.9. The lowest BCUT2D eigenvalue weighted by atomic mass is 10.0. The summed E-state index contributed by atoms with van der Waals surface area (Å²) in [5.41, 5.74) is 0. The first-order valence-electron chi connectivity index (χ1n) is 5.84. The molecule has 0 spiro atoms. The molecule has 83 valence electrons. The minimum atomic E-state index is 0.694. The maximum Gasteiger partial charge on any atom is 0.119 e. The van der Waals surface area contributed by atoms with Crippen molar-refractivity contribution in [3.8, 4) is 5.75 Å². The molecule has 0 bridgehead atoms. The highest BCUT2D eigenvalue weighted by atomic mass is 16.5. The summed E-state index contributed by atoms with van der Waals surface area (Å²) in [6, 6.07) is 20.1. The quantitative estimate of drug-likeness (QED) is 0.589. The average molecular weight is 221 g/mol. The van der Waals surface area contributed by atoms with Gasteiger partial charge in [-0.15, -0.1) is 0 Å². The van der Waals surface area contributed by atoms with E-state index in [4.69, 9.17) is 4.74 Å². The van der Waals surface area contributed by atoms with Crippen molar-refractivity contribution in [3.05, 3.63) is 54.6 Å². The Bertz CT molecular complexity index is 670. The summed E-state index contributed by atoms with van der Waals surface area (Å²) in [5, 5.41) is 4.68. The smallest absolute Gasteiger partial charge is 0.119 e. The third kappa shape index (κ3) is 1.84. The van der Waals surface area contributed by atoms with Gasteiger partial charge in [-0.2, -0.15) is 0 Å². The molecule has 0 aliphatic carbocycles. The molecule has 1 radical (unpaired) electrons. The molecule has 0 heterocycles. The predicted molar refractivity (Wildman–Crippen MR) is 71.5 cm³/mol. The molecule has 3 rings (SSSR count). The van der Waals surface area contributed by atoms with E-state index in [-0.39, 0.29) is 0 Å². The largest absolute Gasteiger partial charge is 0.494 e. The SMILES string of the molecule is CCOc1ccc2cc3ccccc3[c]c2c1. The second kappa shape index (κ2) is 4.10. The third-order valence-electron chi connectivity index (χ3n) is 2.88. The van der Waals surface area contributed by atoms with E-state index in [2.05, 4.69) is 36.4 Å². The predicted octanol–water partition coefficient (Wildman–Crippen LogP) is 4.19. The van der Waals surface area contributed by atoms with Crippen LogP contribution in [0, 0.1) is 6.07 Å². The fraction of sp³-hybridized carbons (Fsp3) is 0.125. The zero-order chi connectivity index (χ0) is 11.7. The molecule has 0 aliphatic heterocycles. The van der Waals surface area contributed by atoms with Crippen LogP contribution in [0.2, 0.25) is 0 Å². The minimum absolute atomic E-state index is 0.694. The van der Waals surface area contributed by atoms with E-state index in [0.29, 0.717) is 6.61 Å². The van der Waals surface area contributed by atoms with Crippen molar-refractivity contribution in [3.63, 3.8) is 0 Å². The molecule has 0 aromatic heterocycles. The lowest BCUT2D eigenvalue weighted by Gasteiger charge is -2.05. The highest BCUT2D eigenvalue weighted by Gasteiger charge is 2.00. The molecule has 0 fully saturated rings. The van der Waals surface area contributed by atoms with E-state index in [9.17, 15) is 0 Å². The molecule has 0 aliphatic rings. The second-order valence-corrected chi connectivity index (χ2v) is 4.04. The Labute approximate surface area is 101 Å². The van der Waals surface area contributed by atoms with Gasteiger partial charge in [-0.1, -0.05) is 30.3 Å². The summed E-state index contributed by atoms with van der Waals surface area (Å²) in [5.74, 6) is 0.909. The molecule has 0 saturated carbocycles. The number of rotatable bonds is 2. The number of hydrogen-bond donors (Lipinski definition) is 0. The van der Waals surface area contributed by atoms with E-state index in [1.807, 2.05) is 25.1 Å². The van der Waals surface area contributed by atoms with E-state index < -0.39 is 0 Å². The summed E-state index contributed by atoms with van der Waals surface area (Å²) >= 11 is 0. The monoisotopic (exact) mass is 221 g/mol. The topological polar surface area (TPSA) is 9.23 Å². The van der Waals surface area contributed by atoms with Crippen LogP contribution in [-0.4, -0.2) is 6.61 Å². The van der Waals surface area contributed by atoms with Crippen LogP contribution in [0.5, 0.6) is 5.75 Å². The number of hydrogen-bond acceptors (Lipinski definition) is 1. The maximum atomic E-state index is 5.51. The molecule has 17 heavy (non-hydrogen) atoms. The van der Waals surface area contributed by atoms with Gasteiger partial charge in [-0.3, -0.25) is 0 Å². The van der Waals surface area contributed by atoms with Crippen LogP contribution >= 0.6 is 0 Å². The van der Waals surface area contributed by atoms with Gasteiger partial charge in [0.2, 0.25) is 0 Å². The van der Waals surface area contributed by atoms with Crippen molar-refractivity contribution in [2.45, 2.75) is 6.92 Å². The highest BCUT2D eigenvalue weighted by Crippen LogP contribution is 2.25. The zero-order valence-corrected chi connectivity index (χ0v) is 9.73. The van der Waals surface area contributed by atoms with E-state index in [0.717, 1.165) is 16.5 Å². The fourth-order valence-corrected chi connectivity index (χ4v) is 2.08. The van der Waals surface area contributed by atoms with E-state index >= 15 is 0 Å². The van der Waals surface area contributed by atoms with Crippen LogP contribution < -0.4 is 4.74 Å². The van der Waals surface area contributed by atoms with E-state index in [1.54, 1.807) is 0 Å². The first-order chi connectivity index (χ1) is 8.36. The number of fused-ring (bicyclic) bond motifs is 2. The summed E-state index contributed by atoms with van der Waals surface area (Å²) < 4.78 is 5.51. The summed E-state index contributed by atoms with van der Waals surface area (Å²) in [7, 11) is 0. The molecule has 0 N–H and O–H groups in total. The van der Waals surface area contributed by atoms with Gasteiger partial charge >= 0.3 is 0 Å². The van der Waals surface area contributed by atoms with Crippen molar-refractivity contribution in [1.29, 1.82) is 0 Å². The third-order valence-corrected chi connectivity index (χ3v) is 2.88. The maximum absolute atomic E-state index is 5.51. The highest BCUT2D eigenvalue weighted by molar-refractivity contribution is 5.97. The molecular formula is C16H13O. The zero-order valence-electron chi connectivity index (χ0n) is 9.73. The summed E-state index contributed by atoms with van der Waals surface area (Å²) in [6.45, 7) is 2.69. The Morgan fingerprint density at radius 1 is 0.941 bits per heavy atom. The molecule has 1 nitrogen and oxygen atoms in total.